The normalized spacial score (nSPS) is 14.2. The van der Waals surface area contributed by atoms with E-state index in [-0.39, 0.29) is 5.91 Å². The largest absolute Gasteiger partial charge is 0.496 e. The van der Waals surface area contributed by atoms with E-state index in [1.165, 1.54) is 0 Å². The molecule has 1 aromatic carbocycles. The number of benzene rings is 1. The molecule has 7 nitrogen and oxygen atoms in total. The summed E-state index contributed by atoms with van der Waals surface area (Å²) in [6.07, 6.45) is 4.24. The monoisotopic (exact) mass is 377 g/mol. The van der Waals surface area contributed by atoms with Crippen molar-refractivity contribution in [2.24, 2.45) is 0 Å². The summed E-state index contributed by atoms with van der Waals surface area (Å²) in [5.74, 6) is 2.51. The third kappa shape index (κ3) is 3.83. The van der Waals surface area contributed by atoms with Crippen LogP contribution in [0.3, 0.4) is 0 Å². The van der Waals surface area contributed by atoms with Crippen LogP contribution < -0.4 is 9.64 Å². The Labute approximate surface area is 164 Å². The van der Waals surface area contributed by atoms with Gasteiger partial charge in [0.05, 0.1) is 13.5 Å². The first kappa shape index (κ1) is 18.0. The molecule has 0 bridgehead atoms. The van der Waals surface area contributed by atoms with Gasteiger partial charge in [0.1, 0.15) is 5.75 Å². The molecule has 0 aliphatic carbocycles. The first-order chi connectivity index (χ1) is 13.7. The summed E-state index contributed by atoms with van der Waals surface area (Å²) in [6.45, 7) is 2.84. The number of aromatic nitrogens is 3. The van der Waals surface area contributed by atoms with Gasteiger partial charge < -0.3 is 19.1 Å². The molecule has 0 atom stereocenters. The highest BCUT2D eigenvalue weighted by Gasteiger charge is 2.23. The SMILES string of the molecule is COc1ccccc1CC(=O)N1CCN(c2ccc(-n3cccc3)nn2)CC1. The minimum absolute atomic E-state index is 0.123. The molecule has 3 heterocycles. The van der Waals surface area contributed by atoms with Crippen LogP contribution in [-0.4, -0.2) is 58.9 Å². The molecule has 3 aromatic rings. The third-order valence-corrected chi connectivity index (χ3v) is 5.00. The summed E-state index contributed by atoms with van der Waals surface area (Å²) in [4.78, 5) is 16.7. The molecular formula is C21H23N5O2. The van der Waals surface area contributed by atoms with Crippen molar-refractivity contribution in [3.63, 3.8) is 0 Å². The Morgan fingerprint density at radius 2 is 1.61 bits per heavy atom. The van der Waals surface area contributed by atoms with Crippen molar-refractivity contribution in [1.82, 2.24) is 19.7 Å². The van der Waals surface area contributed by atoms with Crippen LogP contribution in [0.15, 0.2) is 60.9 Å². The first-order valence-electron chi connectivity index (χ1n) is 9.36. The van der Waals surface area contributed by atoms with Crippen LogP contribution >= 0.6 is 0 Å². The lowest BCUT2D eigenvalue weighted by Gasteiger charge is -2.35. The van der Waals surface area contributed by atoms with Crippen LogP contribution in [0.2, 0.25) is 0 Å². The van der Waals surface area contributed by atoms with Gasteiger partial charge in [0.2, 0.25) is 5.91 Å². The molecule has 0 radical (unpaired) electrons. The van der Waals surface area contributed by atoms with Crippen molar-refractivity contribution in [3.05, 3.63) is 66.5 Å². The molecule has 1 aliphatic rings. The molecular weight excluding hydrogens is 354 g/mol. The second kappa shape index (κ2) is 8.12. The van der Waals surface area contributed by atoms with Gasteiger partial charge in [0.15, 0.2) is 11.6 Å². The van der Waals surface area contributed by atoms with Gasteiger partial charge in [0, 0.05) is 44.1 Å². The summed E-state index contributed by atoms with van der Waals surface area (Å²) < 4.78 is 7.27. The van der Waals surface area contributed by atoms with Gasteiger partial charge in [-0.3, -0.25) is 4.79 Å². The number of carbonyl (C=O) groups is 1. The van der Waals surface area contributed by atoms with E-state index < -0.39 is 0 Å². The zero-order chi connectivity index (χ0) is 19.3. The quantitative estimate of drug-likeness (QED) is 0.682. The number of para-hydroxylation sites is 1. The molecule has 7 heteroatoms. The van der Waals surface area contributed by atoms with Gasteiger partial charge in [-0.05, 0) is 30.3 Å². The molecule has 2 aromatic heterocycles. The fraction of sp³-hybridized carbons (Fsp3) is 0.286. The van der Waals surface area contributed by atoms with E-state index in [0.29, 0.717) is 19.5 Å². The maximum atomic E-state index is 12.7. The van der Waals surface area contributed by atoms with E-state index in [9.17, 15) is 4.79 Å². The number of methoxy groups -OCH3 is 1. The average molecular weight is 377 g/mol. The maximum absolute atomic E-state index is 12.7. The molecule has 1 aliphatic heterocycles. The van der Waals surface area contributed by atoms with Crippen LogP contribution in [0.25, 0.3) is 5.82 Å². The summed E-state index contributed by atoms with van der Waals surface area (Å²) in [7, 11) is 1.63. The predicted molar refractivity (Wildman–Crippen MR) is 107 cm³/mol. The van der Waals surface area contributed by atoms with Crippen LogP contribution in [0.1, 0.15) is 5.56 Å². The Bertz CT molecular complexity index is 916. The summed E-state index contributed by atoms with van der Waals surface area (Å²) >= 11 is 0. The number of rotatable bonds is 5. The lowest BCUT2D eigenvalue weighted by atomic mass is 10.1. The van der Waals surface area contributed by atoms with Crippen molar-refractivity contribution in [2.45, 2.75) is 6.42 Å². The van der Waals surface area contributed by atoms with Gasteiger partial charge in [-0.25, -0.2) is 0 Å². The van der Waals surface area contributed by atoms with Crippen molar-refractivity contribution >= 4 is 11.7 Å². The Balaban J connectivity index is 1.34. The molecule has 0 spiro atoms. The second-order valence-electron chi connectivity index (χ2n) is 6.70. The number of hydrogen-bond donors (Lipinski definition) is 0. The van der Waals surface area contributed by atoms with E-state index in [0.717, 1.165) is 36.0 Å². The zero-order valence-electron chi connectivity index (χ0n) is 15.9. The maximum Gasteiger partial charge on any atom is 0.227 e. The van der Waals surface area contributed by atoms with Gasteiger partial charge in [0.25, 0.3) is 0 Å². The van der Waals surface area contributed by atoms with Crippen LogP contribution in [-0.2, 0) is 11.2 Å². The average Bonchev–Trinajstić information content (AvgIpc) is 3.29. The number of carbonyl (C=O) groups excluding carboxylic acids is 1. The minimum atomic E-state index is 0.123. The summed E-state index contributed by atoms with van der Waals surface area (Å²) in [5, 5.41) is 8.66. The van der Waals surface area contributed by atoms with E-state index in [2.05, 4.69) is 15.1 Å². The van der Waals surface area contributed by atoms with E-state index in [1.54, 1.807) is 7.11 Å². The van der Waals surface area contributed by atoms with Gasteiger partial charge in [-0.1, -0.05) is 18.2 Å². The van der Waals surface area contributed by atoms with Gasteiger partial charge in [-0.15, -0.1) is 10.2 Å². The van der Waals surface area contributed by atoms with Gasteiger partial charge in [-0.2, -0.15) is 0 Å². The Morgan fingerprint density at radius 1 is 0.929 bits per heavy atom. The fourth-order valence-electron chi connectivity index (χ4n) is 3.42. The van der Waals surface area contributed by atoms with Crippen molar-refractivity contribution < 1.29 is 9.53 Å². The number of nitrogens with zero attached hydrogens (tertiary/aromatic N) is 5. The Hall–Kier alpha value is -3.35. The first-order valence-corrected chi connectivity index (χ1v) is 9.36. The second-order valence-corrected chi connectivity index (χ2v) is 6.70. The molecule has 1 saturated heterocycles. The number of anilines is 1. The molecule has 28 heavy (non-hydrogen) atoms. The lowest BCUT2D eigenvalue weighted by Crippen LogP contribution is -2.49. The molecule has 0 N–H and O–H groups in total. The lowest BCUT2D eigenvalue weighted by molar-refractivity contribution is -0.130. The standard InChI is InChI=1S/C21H23N5O2/c1-28-18-7-3-2-6-17(18)16-21(27)26-14-12-25(13-15-26)20-9-8-19(22-23-20)24-10-4-5-11-24/h2-11H,12-16H2,1H3. The molecule has 1 fully saturated rings. The van der Waals surface area contributed by atoms with Crippen molar-refractivity contribution in [1.29, 1.82) is 0 Å². The van der Waals surface area contributed by atoms with Crippen LogP contribution in [0, 0.1) is 0 Å². The fourth-order valence-corrected chi connectivity index (χ4v) is 3.42. The highest BCUT2D eigenvalue weighted by molar-refractivity contribution is 5.79. The summed E-state index contributed by atoms with van der Waals surface area (Å²) in [6, 6.07) is 15.5. The molecule has 0 saturated carbocycles. The van der Waals surface area contributed by atoms with Crippen molar-refractivity contribution in [2.75, 3.05) is 38.2 Å². The van der Waals surface area contributed by atoms with E-state index in [1.807, 2.05) is 70.4 Å². The van der Waals surface area contributed by atoms with Crippen LogP contribution in [0.5, 0.6) is 5.75 Å². The number of ether oxygens (including phenoxy) is 1. The Morgan fingerprint density at radius 3 is 2.29 bits per heavy atom. The highest BCUT2D eigenvalue weighted by atomic mass is 16.5. The third-order valence-electron chi connectivity index (χ3n) is 5.00. The highest BCUT2D eigenvalue weighted by Crippen LogP contribution is 2.20. The minimum Gasteiger partial charge on any atom is -0.496 e. The number of piperazine rings is 1. The number of hydrogen-bond acceptors (Lipinski definition) is 5. The zero-order valence-corrected chi connectivity index (χ0v) is 15.9. The van der Waals surface area contributed by atoms with E-state index >= 15 is 0 Å². The van der Waals surface area contributed by atoms with Gasteiger partial charge >= 0.3 is 0 Å². The molecule has 144 valence electrons. The number of amides is 1. The summed E-state index contributed by atoms with van der Waals surface area (Å²) in [5.41, 5.74) is 0.920. The van der Waals surface area contributed by atoms with E-state index in [4.69, 9.17) is 4.74 Å². The molecule has 0 unspecified atom stereocenters. The smallest absolute Gasteiger partial charge is 0.227 e. The van der Waals surface area contributed by atoms with Crippen molar-refractivity contribution in [3.8, 4) is 11.6 Å². The molecule has 1 amide bonds. The topological polar surface area (TPSA) is 63.5 Å². The Kier molecular flexibility index (Phi) is 5.23. The predicted octanol–water partition coefficient (Wildman–Crippen LogP) is 2.17. The molecule has 4 rings (SSSR count). The van der Waals surface area contributed by atoms with Crippen LogP contribution in [0.4, 0.5) is 5.82 Å².